The summed E-state index contributed by atoms with van der Waals surface area (Å²) in [4.78, 5) is 2.10. The van der Waals surface area contributed by atoms with Crippen molar-refractivity contribution in [3.05, 3.63) is 59.4 Å². The van der Waals surface area contributed by atoms with Gasteiger partial charge >= 0.3 is 5.17 Å². The van der Waals surface area contributed by atoms with Crippen LogP contribution >= 0.6 is 11.8 Å². The lowest BCUT2D eigenvalue weighted by molar-refractivity contribution is -0.657. The van der Waals surface area contributed by atoms with Gasteiger partial charge in [0.1, 0.15) is 17.3 Å². The highest BCUT2D eigenvalue weighted by molar-refractivity contribution is 8.13. The second-order valence-corrected chi connectivity index (χ2v) is 7.79. The third kappa shape index (κ3) is 2.77. The maximum atomic E-state index is 14.8. The molecule has 4 nitrogen and oxygen atoms in total. The highest BCUT2D eigenvalue weighted by atomic mass is 32.2. The van der Waals surface area contributed by atoms with E-state index in [2.05, 4.69) is 11.0 Å². The van der Waals surface area contributed by atoms with E-state index in [1.807, 2.05) is 29.7 Å². The maximum Gasteiger partial charge on any atom is 0.316 e. The fourth-order valence-corrected chi connectivity index (χ4v) is 4.86. The number of nitrogens with zero attached hydrogens (tertiary/aromatic N) is 2. The van der Waals surface area contributed by atoms with Gasteiger partial charge in [-0.2, -0.15) is 0 Å². The summed E-state index contributed by atoms with van der Waals surface area (Å²) in [6, 6.07) is 12.8. The van der Waals surface area contributed by atoms with Crippen molar-refractivity contribution in [2.24, 2.45) is 0 Å². The number of ether oxygens (including phenoxy) is 1. The van der Waals surface area contributed by atoms with Gasteiger partial charge in [0, 0.05) is 11.8 Å². The molecular weight excluding hydrogens is 351 g/mol. The Balaban J connectivity index is 1.81. The maximum absolute atomic E-state index is 14.8. The number of halogens is 1. The Morgan fingerprint density at radius 3 is 2.85 bits per heavy atom. The third-order valence-electron chi connectivity index (χ3n) is 4.97. The Morgan fingerprint density at radius 2 is 2.12 bits per heavy atom. The minimum absolute atomic E-state index is 0.286. The number of thioether (sulfide) groups is 1. The van der Waals surface area contributed by atoms with Crippen molar-refractivity contribution >= 4 is 22.6 Å². The van der Waals surface area contributed by atoms with Crippen LogP contribution in [0.15, 0.2) is 42.5 Å². The second kappa shape index (κ2) is 6.59. The van der Waals surface area contributed by atoms with E-state index in [4.69, 9.17) is 4.74 Å². The molecule has 2 aliphatic heterocycles. The van der Waals surface area contributed by atoms with Gasteiger partial charge in [0.2, 0.25) is 0 Å². The number of anilines is 1. The van der Waals surface area contributed by atoms with Crippen LogP contribution in [0.2, 0.25) is 0 Å². The average Bonchev–Trinajstić information content (AvgIpc) is 2.96. The van der Waals surface area contributed by atoms with Gasteiger partial charge in [-0.25, -0.2) is 13.9 Å². The molecule has 2 aromatic carbocycles. The first kappa shape index (κ1) is 17.4. The number of benzene rings is 2. The molecule has 1 atom stereocenters. The van der Waals surface area contributed by atoms with Gasteiger partial charge in [0.25, 0.3) is 5.72 Å². The quantitative estimate of drug-likeness (QED) is 0.838. The van der Waals surface area contributed by atoms with Crippen LogP contribution in [0.5, 0.6) is 5.75 Å². The molecule has 6 heteroatoms. The summed E-state index contributed by atoms with van der Waals surface area (Å²) in [6.45, 7) is 3.04. The van der Waals surface area contributed by atoms with Gasteiger partial charge in [-0.15, -0.1) is 0 Å². The number of amidine groups is 1. The highest BCUT2D eigenvalue weighted by Crippen LogP contribution is 2.39. The van der Waals surface area contributed by atoms with Crippen molar-refractivity contribution in [2.45, 2.75) is 19.1 Å². The molecule has 2 heterocycles. The molecule has 0 spiro atoms. The Morgan fingerprint density at radius 1 is 1.27 bits per heavy atom. The van der Waals surface area contributed by atoms with Crippen molar-refractivity contribution in [3.63, 3.8) is 0 Å². The zero-order valence-electron chi connectivity index (χ0n) is 14.9. The molecule has 0 saturated heterocycles. The van der Waals surface area contributed by atoms with Crippen LogP contribution in [0.4, 0.5) is 10.1 Å². The first-order valence-electron chi connectivity index (χ1n) is 8.71. The summed E-state index contributed by atoms with van der Waals surface area (Å²) in [5.74, 6) is 0.989. The van der Waals surface area contributed by atoms with Crippen LogP contribution in [0, 0.1) is 12.7 Å². The molecule has 0 fully saturated rings. The number of β-amino-alcohol motifs (C(OH)–C–C–N with tert-alkyl or cyclic N) is 1. The minimum atomic E-state index is -1.40. The van der Waals surface area contributed by atoms with E-state index < -0.39 is 11.5 Å². The van der Waals surface area contributed by atoms with Gasteiger partial charge in [0.05, 0.1) is 19.2 Å². The lowest BCUT2D eigenvalue weighted by Crippen LogP contribution is -2.42. The van der Waals surface area contributed by atoms with Crippen LogP contribution in [0.25, 0.3) is 0 Å². The van der Waals surface area contributed by atoms with Crippen LogP contribution in [0.3, 0.4) is 0 Å². The molecule has 0 radical (unpaired) electrons. The van der Waals surface area contributed by atoms with E-state index in [1.54, 1.807) is 23.9 Å². The summed E-state index contributed by atoms with van der Waals surface area (Å²) in [6.07, 6.45) is 0.954. The Bertz CT molecular complexity index is 886. The molecular formula is C20H22FN2O2S+. The number of hydrogen-bond donors (Lipinski definition) is 1. The van der Waals surface area contributed by atoms with Crippen LogP contribution in [-0.2, 0) is 5.72 Å². The summed E-state index contributed by atoms with van der Waals surface area (Å²) in [7, 11) is 1.51. The van der Waals surface area contributed by atoms with E-state index in [-0.39, 0.29) is 5.56 Å². The van der Waals surface area contributed by atoms with Gasteiger partial charge in [-0.3, -0.25) is 0 Å². The average molecular weight is 373 g/mol. The zero-order chi connectivity index (χ0) is 18.3. The SMILES string of the molecule is COc1ccc([C@@]2(O)CN(c3cccc(C)c3)C3=[N+]2CCCS3)c(F)c1. The van der Waals surface area contributed by atoms with Gasteiger partial charge < -0.3 is 9.84 Å². The lowest BCUT2D eigenvalue weighted by Gasteiger charge is -2.24. The fraction of sp³-hybridized carbons (Fsp3) is 0.350. The largest absolute Gasteiger partial charge is 0.497 e. The van der Waals surface area contributed by atoms with Crippen molar-refractivity contribution in [2.75, 3.05) is 30.9 Å². The summed E-state index contributed by atoms with van der Waals surface area (Å²) < 4.78 is 21.8. The van der Waals surface area contributed by atoms with E-state index in [0.717, 1.165) is 28.6 Å². The molecule has 26 heavy (non-hydrogen) atoms. The van der Waals surface area contributed by atoms with Gasteiger partial charge in [0.15, 0.2) is 6.54 Å². The molecule has 0 amide bonds. The number of hydrogen-bond acceptors (Lipinski definition) is 4. The van der Waals surface area contributed by atoms with Crippen LogP contribution < -0.4 is 9.64 Å². The molecule has 0 aliphatic carbocycles. The first-order chi connectivity index (χ1) is 12.5. The number of methoxy groups -OCH3 is 1. The van der Waals surface area contributed by atoms with Crippen LogP contribution in [-0.4, -0.2) is 40.8 Å². The van der Waals surface area contributed by atoms with E-state index in [0.29, 0.717) is 18.8 Å². The fourth-order valence-electron chi connectivity index (χ4n) is 3.68. The van der Waals surface area contributed by atoms with E-state index in [9.17, 15) is 9.50 Å². The topological polar surface area (TPSA) is 35.7 Å². The highest BCUT2D eigenvalue weighted by Gasteiger charge is 2.54. The smallest absolute Gasteiger partial charge is 0.316 e. The van der Waals surface area contributed by atoms with Crippen molar-refractivity contribution in [1.29, 1.82) is 0 Å². The molecule has 0 bridgehead atoms. The van der Waals surface area contributed by atoms with Crippen molar-refractivity contribution in [1.82, 2.24) is 0 Å². The van der Waals surface area contributed by atoms with E-state index in [1.165, 1.54) is 13.2 Å². The number of aliphatic hydroxyl groups is 1. The predicted octanol–water partition coefficient (Wildman–Crippen LogP) is 3.31. The Labute approximate surface area is 156 Å². The molecule has 4 rings (SSSR count). The molecule has 136 valence electrons. The molecule has 0 aromatic heterocycles. The van der Waals surface area contributed by atoms with Crippen LogP contribution in [0.1, 0.15) is 17.5 Å². The predicted molar refractivity (Wildman–Crippen MR) is 103 cm³/mol. The zero-order valence-corrected chi connectivity index (χ0v) is 15.7. The summed E-state index contributed by atoms with van der Waals surface area (Å²) in [5, 5.41) is 12.6. The molecule has 2 aliphatic rings. The van der Waals surface area contributed by atoms with Crippen molar-refractivity contribution < 1.29 is 18.8 Å². The molecule has 2 aromatic rings. The standard InChI is InChI=1S/C20H22FN2O2S/c1-14-5-3-6-15(11-14)22-13-20(24,23-9-4-10-26-19(22)23)17-8-7-16(25-2)12-18(17)21/h3,5-8,11-12,24H,4,9-10,13H2,1-2H3/q+1/t20-/m0/s1. The molecule has 0 unspecified atom stereocenters. The molecule has 1 N–H and O–H groups in total. The first-order valence-corrected chi connectivity index (χ1v) is 9.69. The lowest BCUT2D eigenvalue weighted by atomic mass is 10.0. The van der Waals surface area contributed by atoms with E-state index >= 15 is 0 Å². The molecule has 0 saturated carbocycles. The third-order valence-corrected chi connectivity index (χ3v) is 6.16. The summed E-state index contributed by atoms with van der Waals surface area (Å²) >= 11 is 1.71. The Hall–Kier alpha value is -2.05. The van der Waals surface area contributed by atoms with Gasteiger partial charge in [-0.1, -0.05) is 12.1 Å². The Kier molecular flexibility index (Phi) is 4.40. The second-order valence-electron chi connectivity index (χ2n) is 6.72. The normalized spacial score (nSPS) is 22.5. The number of rotatable bonds is 3. The summed E-state index contributed by atoms with van der Waals surface area (Å²) in [5.41, 5.74) is 1.06. The van der Waals surface area contributed by atoms with Gasteiger partial charge in [-0.05, 0) is 54.9 Å². The number of aryl methyl sites for hydroxylation is 1. The minimum Gasteiger partial charge on any atom is -0.497 e. The monoisotopic (exact) mass is 373 g/mol. The van der Waals surface area contributed by atoms with Crippen molar-refractivity contribution in [3.8, 4) is 5.75 Å².